The van der Waals surface area contributed by atoms with Crippen LogP contribution < -0.4 is 20.1 Å². The summed E-state index contributed by atoms with van der Waals surface area (Å²) < 4.78 is 13.3. The molecule has 1 saturated heterocycles. The van der Waals surface area contributed by atoms with E-state index in [1.807, 2.05) is 24.3 Å². The van der Waals surface area contributed by atoms with Crippen LogP contribution in [0.4, 0.5) is 10.6 Å². The number of nitrogens with zero attached hydrogens (tertiary/aromatic N) is 3. The van der Waals surface area contributed by atoms with Gasteiger partial charge in [-0.3, -0.25) is 9.36 Å². The number of likely N-dealkylation sites (tertiary alicyclic amines) is 1. The van der Waals surface area contributed by atoms with Gasteiger partial charge in [-0.1, -0.05) is 12.1 Å². The third-order valence-corrected chi connectivity index (χ3v) is 7.39. The lowest BCUT2D eigenvalue weighted by Crippen LogP contribution is -2.34. The number of carbonyl (C=O) groups is 2. The maximum absolute atomic E-state index is 13.0. The highest BCUT2D eigenvalue weighted by Crippen LogP contribution is 2.37. The van der Waals surface area contributed by atoms with Gasteiger partial charge < -0.3 is 35.2 Å². The predicted molar refractivity (Wildman–Crippen MR) is 159 cm³/mol. The van der Waals surface area contributed by atoms with Gasteiger partial charge in [0.15, 0.2) is 11.5 Å². The largest absolute Gasteiger partial charge is 0.487 e. The number of nitrogens with one attached hydrogen (secondary N) is 2. The molecule has 2 aromatic carbocycles. The minimum Gasteiger partial charge on any atom is -0.487 e. The lowest BCUT2D eigenvalue weighted by molar-refractivity contribution is 0.102. The number of fused-ring (bicyclic) bond motifs is 1. The molecule has 0 saturated carbocycles. The van der Waals surface area contributed by atoms with Crippen LogP contribution >= 0.6 is 0 Å². The van der Waals surface area contributed by atoms with Crippen molar-refractivity contribution in [1.82, 2.24) is 19.8 Å². The predicted octanol–water partition coefficient (Wildman–Crippen LogP) is 3.81. The van der Waals surface area contributed by atoms with Crippen LogP contribution in [0.5, 0.6) is 17.2 Å². The van der Waals surface area contributed by atoms with Gasteiger partial charge in [0.1, 0.15) is 18.2 Å². The van der Waals surface area contributed by atoms with E-state index in [2.05, 4.69) is 20.5 Å². The Morgan fingerprint density at radius 3 is 2.50 bits per heavy atom. The van der Waals surface area contributed by atoms with Gasteiger partial charge in [0.25, 0.3) is 5.91 Å². The lowest BCUT2D eigenvalue weighted by atomic mass is 9.89. The number of benzene rings is 2. The van der Waals surface area contributed by atoms with Crippen molar-refractivity contribution in [1.29, 1.82) is 0 Å². The van der Waals surface area contributed by atoms with Crippen molar-refractivity contribution in [2.24, 2.45) is 0 Å². The van der Waals surface area contributed by atoms with Gasteiger partial charge in [0, 0.05) is 49.1 Å². The molecular formula is C31H35N5O6. The second-order valence-corrected chi connectivity index (χ2v) is 10.1. The van der Waals surface area contributed by atoms with E-state index in [1.54, 1.807) is 43.6 Å². The summed E-state index contributed by atoms with van der Waals surface area (Å²) in [4.78, 5) is 31.8. The minimum absolute atomic E-state index is 0.0435. The molecule has 1 aliphatic rings. The summed E-state index contributed by atoms with van der Waals surface area (Å²) >= 11 is 0. The zero-order chi connectivity index (χ0) is 29.5. The number of aliphatic hydroxyl groups excluding tert-OH is 2. The monoisotopic (exact) mass is 573 g/mol. The van der Waals surface area contributed by atoms with Crippen LogP contribution in [0.3, 0.4) is 0 Å². The highest BCUT2D eigenvalue weighted by molar-refractivity contribution is 6.03. The first-order valence-corrected chi connectivity index (χ1v) is 14.0. The summed E-state index contributed by atoms with van der Waals surface area (Å²) in [5.41, 5.74) is 2.36. The van der Waals surface area contributed by atoms with Crippen LogP contribution in [0.2, 0.25) is 0 Å². The van der Waals surface area contributed by atoms with Gasteiger partial charge in [-0.05, 0) is 67.7 Å². The molecule has 4 aromatic rings. The first kappa shape index (κ1) is 29.1. The van der Waals surface area contributed by atoms with Crippen molar-refractivity contribution in [3.05, 3.63) is 78.1 Å². The van der Waals surface area contributed by atoms with Crippen LogP contribution in [0, 0.1) is 0 Å². The summed E-state index contributed by atoms with van der Waals surface area (Å²) in [5.74, 6) is 1.63. The molecule has 42 heavy (non-hydrogen) atoms. The van der Waals surface area contributed by atoms with Crippen LogP contribution in [0.15, 0.2) is 67.0 Å². The summed E-state index contributed by atoms with van der Waals surface area (Å²) in [6, 6.07) is 15.9. The van der Waals surface area contributed by atoms with E-state index in [4.69, 9.17) is 14.6 Å². The Morgan fingerprint density at radius 1 is 1.00 bits per heavy atom. The zero-order valence-corrected chi connectivity index (χ0v) is 23.5. The highest BCUT2D eigenvalue weighted by atomic mass is 16.5. The van der Waals surface area contributed by atoms with Gasteiger partial charge in [0.05, 0.1) is 18.7 Å². The summed E-state index contributed by atoms with van der Waals surface area (Å²) in [6.07, 6.45) is 5.24. The number of piperidine rings is 1. The van der Waals surface area contributed by atoms with Gasteiger partial charge >= 0.3 is 6.03 Å². The molecule has 5 rings (SSSR count). The number of ether oxygens (including phenoxy) is 2. The molecule has 0 unspecified atom stereocenters. The second-order valence-electron chi connectivity index (χ2n) is 10.1. The maximum atomic E-state index is 13.0. The van der Waals surface area contributed by atoms with Crippen LogP contribution in [0.1, 0.15) is 34.7 Å². The fourth-order valence-corrected chi connectivity index (χ4v) is 5.18. The molecule has 220 valence electrons. The number of anilines is 1. The normalized spacial score (nSPS) is 14.1. The second kappa shape index (κ2) is 13.5. The van der Waals surface area contributed by atoms with Crippen molar-refractivity contribution in [3.8, 4) is 17.2 Å². The highest BCUT2D eigenvalue weighted by Gasteiger charge is 2.21. The number of pyridine rings is 1. The smallest absolute Gasteiger partial charge is 0.325 e. The molecular weight excluding hydrogens is 538 g/mol. The van der Waals surface area contributed by atoms with Crippen molar-refractivity contribution < 1.29 is 29.3 Å². The number of hydrogen-bond acceptors (Lipinski definition) is 8. The summed E-state index contributed by atoms with van der Waals surface area (Å²) in [6.45, 7) is 2.68. The molecule has 0 atom stereocenters. The topological polar surface area (TPSA) is 138 Å². The third-order valence-electron chi connectivity index (χ3n) is 7.39. The summed E-state index contributed by atoms with van der Waals surface area (Å²) in [5, 5.41) is 24.6. The molecule has 2 amide bonds. The van der Waals surface area contributed by atoms with Crippen LogP contribution in [0.25, 0.3) is 10.9 Å². The molecule has 2 aromatic heterocycles. The first-order chi connectivity index (χ1) is 20.5. The van der Waals surface area contributed by atoms with Gasteiger partial charge in [-0.2, -0.15) is 0 Å². The average molecular weight is 574 g/mol. The van der Waals surface area contributed by atoms with Gasteiger partial charge in [-0.15, -0.1) is 0 Å². The Hall–Kier alpha value is -4.45. The molecule has 0 radical (unpaired) electrons. The third kappa shape index (κ3) is 6.71. The molecule has 1 aliphatic heterocycles. The Balaban J connectivity index is 1.27. The van der Waals surface area contributed by atoms with E-state index in [1.165, 1.54) is 16.3 Å². The van der Waals surface area contributed by atoms with Crippen molar-refractivity contribution in [2.45, 2.75) is 18.8 Å². The van der Waals surface area contributed by atoms with E-state index in [9.17, 15) is 14.7 Å². The maximum Gasteiger partial charge on any atom is 0.325 e. The van der Waals surface area contributed by atoms with Crippen molar-refractivity contribution >= 4 is 28.7 Å². The SMILES string of the molecule is CNC(=O)n1ccc2cc(Oc3ccnc(NC(=O)c4ccc(C5CCN(CCO)CC5)cc4)c3)c(OCCO)cc21. The number of β-amino-alcohol motifs (C(OH)–C–C–N with tert-alkyl or cyclic N) is 1. The van der Waals surface area contributed by atoms with Gasteiger partial charge in [0.2, 0.25) is 0 Å². The average Bonchev–Trinajstić information content (AvgIpc) is 3.43. The summed E-state index contributed by atoms with van der Waals surface area (Å²) in [7, 11) is 1.55. The Bertz CT molecular complexity index is 1530. The molecule has 1 fully saturated rings. The molecule has 3 heterocycles. The quantitative estimate of drug-likeness (QED) is 0.225. The standard InChI is InChI=1S/C31H35N5O6/c1-32-31(40)36-13-9-24-18-28(27(20-26(24)36)41-17-16-38)42-25-6-10-33-29(19-25)34-30(39)23-4-2-21(3-5-23)22-7-11-35(12-8-22)14-15-37/h2-6,9-10,13,18-20,22,37-38H,7-8,11-12,14-17H2,1H3,(H,32,40)(H,33,34,39). The van der Waals surface area contributed by atoms with Crippen LogP contribution in [-0.4, -0.2) is 83.1 Å². The number of aliphatic hydroxyl groups is 2. The number of hydrogen-bond donors (Lipinski definition) is 4. The Labute approximate surface area is 243 Å². The number of amides is 2. The Morgan fingerprint density at radius 2 is 1.79 bits per heavy atom. The molecule has 0 bridgehead atoms. The first-order valence-electron chi connectivity index (χ1n) is 14.0. The van der Waals surface area contributed by atoms with Crippen molar-refractivity contribution in [3.63, 3.8) is 0 Å². The van der Waals surface area contributed by atoms with E-state index in [0.717, 1.165) is 31.3 Å². The molecule has 4 N–H and O–H groups in total. The van der Waals surface area contributed by atoms with E-state index in [0.29, 0.717) is 46.6 Å². The molecule has 11 heteroatoms. The minimum atomic E-state index is -0.296. The van der Waals surface area contributed by atoms with Crippen molar-refractivity contribution in [2.75, 3.05) is 51.8 Å². The van der Waals surface area contributed by atoms with E-state index < -0.39 is 0 Å². The van der Waals surface area contributed by atoms with Crippen LogP contribution in [-0.2, 0) is 0 Å². The fraction of sp³-hybridized carbons (Fsp3) is 0.323. The Kier molecular flexibility index (Phi) is 9.32. The number of rotatable bonds is 10. The van der Waals surface area contributed by atoms with E-state index in [-0.39, 0.29) is 31.8 Å². The molecule has 11 nitrogen and oxygen atoms in total. The molecule has 0 aliphatic carbocycles. The van der Waals surface area contributed by atoms with Gasteiger partial charge in [-0.25, -0.2) is 9.78 Å². The fourth-order valence-electron chi connectivity index (χ4n) is 5.18. The van der Waals surface area contributed by atoms with E-state index >= 15 is 0 Å². The molecule has 0 spiro atoms. The number of carbonyl (C=O) groups excluding carboxylic acids is 2. The zero-order valence-electron chi connectivity index (χ0n) is 23.5. The number of aromatic nitrogens is 2. The lowest BCUT2D eigenvalue weighted by Gasteiger charge is -2.31.